The number of carbonyl (C=O) groups excluding carboxylic acids is 1. The predicted octanol–water partition coefficient (Wildman–Crippen LogP) is 4.29. The lowest BCUT2D eigenvalue weighted by molar-refractivity contribution is -0.127. The number of ketones is 1. The van der Waals surface area contributed by atoms with Gasteiger partial charge in [0.05, 0.1) is 0 Å². The predicted molar refractivity (Wildman–Crippen MR) is 70.8 cm³/mol. The molecule has 0 radical (unpaired) electrons. The van der Waals surface area contributed by atoms with Crippen LogP contribution in [0.2, 0.25) is 0 Å². The van der Waals surface area contributed by atoms with Crippen LogP contribution in [0.4, 0.5) is 8.78 Å². The Labute approximate surface area is 113 Å². The van der Waals surface area contributed by atoms with Crippen LogP contribution >= 0.6 is 0 Å². The van der Waals surface area contributed by atoms with Crippen LogP contribution < -0.4 is 0 Å². The molecule has 2 rings (SSSR count). The molecule has 1 fully saturated rings. The van der Waals surface area contributed by atoms with Gasteiger partial charge in [-0.05, 0) is 42.0 Å². The molecule has 0 N–H and O–H groups in total. The second-order valence-electron chi connectivity index (χ2n) is 6.17. The lowest BCUT2D eigenvalue weighted by Crippen LogP contribution is -2.35. The molecule has 19 heavy (non-hydrogen) atoms. The molecule has 0 saturated heterocycles. The Balaban J connectivity index is 2.14. The van der Waals surface area contributed by atoms with Crippen molar-refractivity contribution < 1.29 is 13.6 Å². The number of benzene rings is 1. The summed E-state index contributed by atoms with van der Waals surface area (Å²) in [5, 5.41) is 0. The van der Waals surface area contributed by atoms with Crippen LogP contribution in [0.25, 0.3) is 0 Å². The first-order valence-electron chi connectivity index (χ1n) is 6.87. The molecule has 1 unspecified atom stereocenters. The van der Waals surface area contributed by atoms with E-state index in [2.05, 4.69) is 13.8 Å². The third-order valence-electron chi connectivity index (χ3n) is 4.27. The molecular formula is C16H20F2O. The van der Waals surface area contributed by atoms with E-state index in [1.54, 1.807) is 0 Å². The van der Waals surface area contributed by atoms with E-state index in [0.717, 1.165) is 43.9 Å². The van der Waals surface area contributed by atoms with Crippen molar-refractivity contribution in [2.45, 2.75) is 46.0 Å². The number of carbonyl (C=O) groups is 1. The van der Waals surface area contributed by atoms with Crippen LogP contribution in [0.3, 0.4) is 0 Å². The molecule has 1 saturated carbocycles. The minimum Gasteiger partial charge on any atom is -0.299 e. The van der Waals surface area contributed by atoms with E-state index in [9.17, 15) is 13.6 Å². The first-order valence-corrected chi connectivity index (χ1v) is 6.87. The van der Waals surface area contributed by atoms with Crippen LogP contribution in [0, 0.1) is 23.0 Å². The standard InChI is InChI=1S/C16H20F2O/c1-16(2)8-4-3-5-13(16)15(19)10-11-9-12(17)6-7-14(11)18/h6-7,9,13H,3-5,8,10H2,1-2H3. The summed E-state index contributed by atoms with van der Waals surface area (Å²) in [5.41, 5.74) is 0.144. The molecule has 0 heterocycles. The molecular weight excluding hydrogens is 246 g/mol. The molecule has 1 aliphatic rings. The van der Waals surface area contributed by atoms with Crippen LogP contribution in [0.1, 0.15) is 45.1 Å². The minimum absolute atomic E-state index is 0.00229. The van der Waals surface area contributed by atoms with Gasteiger partial charge in [-0.3, -0.25) is 4.79 Å². The van der Waals surface area contributed by atoms with Gasteiger partial charge in [-0.15, -0.1) is 0 Å². The van der Waals surface area contributed by atoms with E-state index >= 15 is 0 Å². The monoisotopic (exact) mass is 266 g/mol. The van der Waals surface area contributed by atoms with Crippen molar-refractivity contribution in [3.8, 4) is 0 Å². The summed E-state index contributed by atoms with van der Waals surface area (Å²) in [6.45, 7) is 4.19. The first kappa shape index (κ1) is 14.2. The zero-order valence-corrected chi connectivity index (χ0v) is 11.5. The minimum atomic E-state index is -0.497. The molecule has 104 valence electrons. The van der Waals surface area contributed by atoms with Gasteiger partial charge in [-0.2, -0.15) is 0 Å². The third-order valence-corrected chi connectivity index (χ3v) is 4.27. The summed E-state index contributed by atoms with van der Waals surface area (Å²) in [6.07, 6.45) is 4.08. The first-order chi connectivity index (χ1) is 8.90. The molecule has 1 atom stereocenters. The maximum atomic E-state index is 13.6. The lowest BCUT2D eigenvalue weighted by Gasteiger charge is -2.37. The fourth-order valence-corrected chi connectivity index (χ4v) is 3.08. The van der Waals surface area contributed by atoms with Gasteiger partial charge in [0.15, 0.2) is 0 Å². The second-order valence-corrected chi connectivity index (χ2v) is 6.17. The highest BCUT2D eigenvalue weighted by Gasteiger charge is 2.36. The van der Waals surface area contributed by atoms with Gasteiger partial charge in [0.25, 0.3) is 0 Å². The van der Waals surface area contributed by atoms with Crippen molar-refractivity contribution in [3.05, 3.63) is 35.4 Å². The van der Waals surface area contributed by atoms with E-state index < -0.39 is 11.6 Å². The van der Waals surface area contributed by atoms with E-state index in [1.165, 1.54) is 0 Å². The Morgan fingerprint density at radius 1 is 1.32 bits per heavy atom. The molecule has 1 aliphatic carbocycles. The smallest absolute Gasteiger partial charge is 0.140 e. The zero-order chi connectivity index (χ0) is 14.0. The quantitative estimate of drug-likeness (QED) is 0.797. The number of hydrogen-bond acceptors (Lipinski definition) is 1. The lowest BCUT2D eigenvalue weighted by atomic mass is 9.66. The van der Waals surface area contributed by atoms with Crippen molar-refractivity contribution in [1.29, 1.82) is 0 Å². The highest BCUT2D eigenvalue weighted by Crippen LogP contribution is 2.41. The molecule has 0 spiro atoms. The molecule has 1 aromatic rings. The average Bonchev–Trinajstić information content (AvgIpc) is 2.33. The fraction of sp³-hybridized carbons (Fsp3) is 0.562. The second kappa shape index (κ2) is 5.40. The van der Waals surface area contributed by atoms with Gasteiger partial charge in [0.2, 0.25) is 0 Å². The fourth-order valence-electron chi connectivity index (χ4n) is 3.08. The third kappa shape index (κ3) is 3.20. The largest absolute Gasteiger partial charge is 0.299 e. The van der Waals surface area contributed by atoms with Crippen LogP contribution in [-0.4, -0.2) is 5.78 Å². The summed E-state index contributed by atoms with van der Waals surface area (Å²) in [4.78, 5) is 12.4. The molecule has 1 aromatic carbocycles. The van der Waals surface area contributed by atoms with E-state index in [4.69, 9.17) is 0 Å². The SMILES string of the molecule is CC1(C)CCCCC1C(=O)Cc1cc(F)ccc1F. The average molecular weight is 266 g/mol. The Hall–Kier alpha value is -1.25. The maximum Gasteiger partial charge on any atom is 0.140 e. The molecule has 1 nitrogen and oxygen atoms in total. The van der Waals surface area contributed by atoms with Gasteiger partial charge in [-0.1, -0.05) is 26.7 Å². The van der Waals surface area contributed by atoms with Gasteiger partial charge < -0.3 is 0 Å². The highest BCUT2D eigenvalue weighted by molar-refractivity contribution is 5.84. The van der Waals surface area contributed by atoms with Gasteiger partial charge in [0, 0.05) is 12.3 Å². The maximum absolute atomic E-state index is 13.6. The summed E-state index contributed by atoms with van der Waals surface area (Å²) < 4.78 is 26.7. The highest BCUT2D eigenvalue weighted by atomic mass is 19.1. The summed E-state index contributed by atoms with van der Waals surface area (Å²) in [6, 6.07) is 3.29. The Bertz CT molecular complexity index is 480. The summed E-state index contributed by atoms with van der Waals surface area (Å²) >= 11 is 0. The summed E-state index contributed by atoms with van der Waals surface area (Å²) in [7, 11) is 0. The molecule has 0 aliphatic heterocycles. The topological polar surface area (TPSA) is 17.1 Å². The number of Topliss-reactive ketones (excluding diaryl/α,β-unsaturated/α-hetero) is 1. The Kier molecular flexibility index (Phi) is 4.02. The van der Waals surface area contributed by atoms with Crippen LogP contribution in [-0.2, 0) is 11.2 Å². The van der Waals surface area contributed by atoms with E-state index in [1.807, 2.05) is 0 Å². The summed E-state index contributed by atoms with van der Waals surface area (Å²) in [5.74, 6) is -0.992. The van der Waals surface area contributed by atoms with Gasteiger partial charge in [-0.25, -0.2) is 8.78 Å². The van der Waals surface area contributed by atoms with Gasteiger partial charge in [0.1, 0.15) is 17.4 Å². The Morgan fingerprint density at radius 2 is 2.05 bits per heavy atom. The molecule has 0 aromatic heterocycles. The molecule has 3 heteroatoms. The van der Waals surface area contributed by atoms with Crippen molar-refractivity contribution in [2.24, 2.45) is 11.3 Å². The van der Waals surface area contributed by atoms with Crippen molar-refractivity contribution in [2.75, 3.05) is 0 Å². The normalized spacial score (nSPS) is 22.2. The van der Waals surface area contributed by atoms with Crippen molar-refractivity contribution in [1.82, 2.24) is 0 Å². The number of rotatable bonds is 3. The van der Waals surface area contributed by atoms with Crippen molar-refractivity contribution in [3.63, 3.8) is 0 Å². The molecule has 0 bridgehead atoms. The van der Waals surface area contributed by atoms with E-state index in [-0.39, 0.29) is 29.1 Å². The van der Waals surface area contributed by atoms with Gasteiger partial charge >= 0.3 is 0 Å². The number of hydrogen-bond donors (Lipinski definition) is 0. The van der Waals surface area contributed by atoms with Crippen LogP contribution in [0.5, 0.6) is 0 Å². The van der Waals surface area contributed by atoms with E-state index in [0.29, 0.717) is 0 Å². The van der Waals surface area contributed by atoms with Crippen molar-refractivity contribution >= 4 is 5.78 Å². The number of halogens is 2. The Morgan fingerprint density at radius 3 is 2.74 bits per heavy atom. The zero-order valence-electron chi connectivity index (χ0n) is 11.5. The van der Waals surface area contributed by atoms with Crippen LogP contribution in [0.15, 0.2) is 18.2 Å². The molecule has 0 amide bonds.